The van der Waals surface area contributed by atoms with Gasteiger partial charge in [-0.2, -0.15) is 0 Å². The standard InChI is InChI=1S/C13H13FO3/c1-2-4-10(15)12(16)11-7-8-5-3-6-9(14)13(8)17-11/h3,5-7,10,15H,2,4H2,1H3. The van der Waals surface area contributed by atoms with Gasteiger partial charge in [0.1, 0.15) is 6.10 Å². The summed E-state index contributed by atoms with van der Waals surface area (Å²) in [5.41, 5.74) is 0.0551. The molecule has 0 saturated carbocycles. The molecule has 1 N–H and O–H groups in total. The number of halogens is 1. The molecule has 0 spiro atoms. The van der Waals surface area contributed by atoms with Gasteiger partial charge < -0.3 is 9.52 Å². The molecule has 90 valence electrons. The van der Waals surface area contributed by atoms with Gasteiger partial charge in [-0.1, -0.05) is 25.5 Å². The first kappa shape index (κ1) is 11.8. The fourth-order valence-electron chi connectivity index (χ4n) is 1.72. The van der Waals surface area contributed by atoms with E-state index in [2.05, 4.69) is 0 Å². The topological polar surface area (TPSA) is 50.4 Å². The molecule has 1 aromatic heterocycles. The summed E-state index contributed by atoms with van der Waals surface area (Å²) >= 11 is 0. The number of carbonyl (C=O) groups excluding carboxylic acids is 1. The number of aliphatic hydroxyl groups is 1. The fourth-order valence-corrected chi connectivity index (χ4v) is 1.72. The molecular weight excluding hydrogens is 223 g/mol. The predicted octanol–water partition coefficient (Wildman–Crippen LogP) is 2.92. The molecule has 1 atom stereocenters. The van der Waals surface area contributed by atoms with E-state index in [1.54, 1.807) is 12.1 Å². The van der Waals surface area contributed by atoms with Crippen molar-refractivity contribution in [3.05, 3.63) is 35.8 Å². The molecule has 1 aromatic carbocycles. The maximum Gasteiger partial charge on any atom is 0.226 e. The molecule has 0 radical (unpaired) electrons. The smallest absolute Gasteiger partial charge is 0.226 e. The van der Waals surface area contributed by atoms with Crippen LogP contribution in [0.15, 0.2) is 28.7 Å². The Hall–Kier alpha value is -1.68. The molecular formula is C13H13FO3. The molecule has 4 heteroatoms. The number of fused-ring (bicyclic) bond motifs is 1. The maximum atomic E-state index is 13.3. The number of para-hydroxylation sites is 1. The van der Waals surface area contributed by atoms with E-state index in [0.29, 0.717) is 18.2 Å². The minimum atomic E-state index is -1.08. The zero-order valence-corrected chi connectivity index (χ0v) is 9.44. The van der Waals surface area contributed by atoms with E-state index < -0.39 is 17.7 Å². The number of rotatable bonds is 4. The lowest BCUT2D eigenvalue weighted by Gasteiger charge is -2.04. The normalized spacial score (nSPS) is 12.9. The van der Waals surface area contributed by atoms with Crippen LogP contribution in [0.25, 0.3) is 11.0 Å². The van der Waals surface area contributed by atoms with E-state index in [9.17, 15) is 14.3 Å². The predicted molar refractivity (Wildman–Crippen MR) is 61.4 cm³/mol. The van der Waals surface area contributed by atoms with Gasteiger partial charge in [-0.25, -0.2) is 4.39 Å². The molecule has 0 amide bonds. The van der Waals surface area contributed by atoms with Gasteiger partial charge in [0.2, 0.25) is 5.78 Å². The number of aliphatic hydroxyl groups excluding tert-OH is 1. The summed E-state index contributed by atoms with van der Waals surface area (Å²) in [4.78, 5) is 11.7. The lowest BCUT2D eigenvalue weighted by atomic mass is 10.1. The zero-order valence-electron chi connectivity index (χ0n) is 9.44. The molecule has 0 aliphatic carbocycles. The molecule has 0 aliphatic rings. The maximum absolute atomic E-state index is 13.3. The van der Waals surface area contributed by atoms with Crippen molar-refractivity contribution in [3.8, 4) is 0 Å². The van der Waals surface area contributed by atoms with Crippen LogP contribution in [-0.2, 0) is 0 Å². The first-order valence-electron chi connectivity index (χ1n) is 5.53. The Morgan fingerprint density at radius 3 is 2.94 bits per heavy atom. The van der Waals surface area contributed by atoms with Gasteiger partial charge >= 0.3 is 0 Å². The summed E-state index contributed by atoms with van der Waals surface area (Å²) in [6.45, 7) is 1.87. The second kappa shape index (κ2) is 4.67. The molecule has 1 unspecified atom stereocenters. The average molecular weight is 236 g/mol. The third-order valence-electron chi connectivity index (χ3n) is 2.60. The van der Waals surface area contributed by atoms with Gasteiger partial charge in [-0.05, 0) is 18.6 Å². The molecule has 0 bridgehead atoms. The van der Waals surface area contributed by atoms with Crippen LogP contribution in [0.3, 0.4) is 0 Å². The lowest BCUT2D eigenvalue weighted by molar-refractivity contribution is 0.0702. The second-order valence-corrected chi connectivity index (χ2v) is 3.94. The number of Topliss-reactive ketones (excluding diaryl/α,β-unsaturated/α-hetero) is 1. The number of carbonyl (C=O) groups is 1. The van der Waals surface area contributed by atoms with Crippen LogP contribution < -0.4 is 0 Å². The Morgan fingerprint density at radius 2 is 2.29 bits per heavy atom. The summed E-state index contributed by atoms with van der Waals surface area (Å²) in [5.74, 6) is -1.000. The van der Waals surface area contributed by atoms with Crippen molar-refractivity contribution < 1.29 is 18.7 Å². The van der Waals surface area contributed by atoms with E-state index in [1.165, 1.54) is 12.1 Å². The molecule has 17 heavy (non-hydrogen) atoms. The van der Waals surface area contributed by atoms with Crippen LogP contribution >= 0.6 is 0 Å². The highest BCUT2D eigenvalue weighted by molar-refractivity contribution is 6.00. The monoisotopic (exact) mass is 236 g/mol. The highest BCUT2D eigenvalue weighted by Gasteiger charge is 2.21. The molecule has 0 saturated heterocycles. The first-order chi connectivity index (χ1) is 8.13. The van der Waals surface area contributed by atoms with Gasteiger partial charge in [-0.15, -0.1) is 0 Å². The van der Waals surface area contributed by atoms with Crippen molar-refractivity contribution in [2.75, 3.05) is 0 Å². The Morgan fingerprint density at radius 1 is 1.53 bits per heavy atom. The minimum absolute atomic E-state index is 0.00560. The molecule has 1 heterocycles. The SMILES string of the molecule is CCCC(O)C(=O)c1cc2cccc(F)c2o1. The van der Waals surface area contributed by atoms with Crippen LogP contribution in [0.5, 0.6) is 0 Å². The Balaban J connectivity index is 2.37. The lowest BCUT2D eigenvalue weighted by Crippen LogP contribution is -2.19. The van der Waals surface area contributed by atoms with Gasteiger partial charge in [0.25, 0.3) is 0 Å². The van der Waals surface area contributed by atoms with E-state index in [4.69, 9.17) is 4.42 Å². The van der Waals surface area contributed by atoms with Crippen LogP contribution in [0.1, 0.15) is 30.3 Å². The number of hydrogen-bond donors (Lipinski definition) is 1. The van der Waals surface area contributed by atoms with Crippen molar-refractivity contribution >= 4 is 16.8 Å². The van der Waals surface area contributed by atoms with Crippen molar-refractivity contribution in [1.29, 1.82) is 0 Å². The summed E-state index contributed by atoms with van der Waals surface area (Å²) in [7, 11) is 0. The zero-order chi connectivity index (χ0) is 12.4. The van der Waals surface area contributed by atoms with Crippen LogP contribution in [0, 0.1) is 5.82 Å². The summed E-state index contributed by atoms with van der Waals surface area (Å²) in [6, 6.07) is 5.93. The Bertz CT molecular complexity index is 545. The highest BCUT2D eigenvalue weighted by Crippen LogP contribution is 2.23. The minimum Gasteiger partial charge on any atom is -0.450 e. The van der Waals surface area contributed by atoms with E-state index >= 15 is 0 Å². The number of hydrogen-bond acceptors (Lipinski definition) is 3. The van der Waals surface area contributed by atoms with Gasteiger partial charge in [0.05, 0.1) is 0 Å². The van der Waals surface area contributed by atoms with Crippen LogP contribution in [0.4, 0.5) is 4.39 Å². The molecule has 0 aliphatic heterocycles. The third-order valence-corrected chi connectivity index (χ3v) is 2.60. The number of benzene rings is 1. The van der Waals surface area contributed by atoms with Crippen LogP contribution in [-0.4, -0.2) is 17.0 Å². The third kappa shape index (κ3) is 2.22. The van der Waals surface area contributed by atoms with Crippen molar-refractivity contribution in [2.24, 2.45) is 0 Å². The molecule has 0 fully saturated rings. The summed E-state index contributed by atoms with van der Waals surface area (Å²) in [6.07, 6.45) is -0.0107. The quantitative estimate of drug-likeness (QED) is 0.830. The Labute approximate surface area is 97.9 Å². The number of furan rings is 1. The van der Waals surface area contributed by atoms with Gasteiger partial charge in [0.15, 0.2) is 17.2 Å². The van der Waals surface area contributed by atoms with Gasteiger partial charge in [0, 0.05) is 5.39 Å². The highest BCUT2D eigenvalue weighted by atomic mass is 19.1. The van der Waals surface area contributed by atoms with Crippen molar-refractivity contribution in [2.45, 2.75) is 25.9 Å². The Kier molecular flexibility index (Phi) is 3.24. The molecule has 2 rings (SSSR count). The first-order valence-corrected chi connectivity index (χ1v) is 5.53. The fraction of sp³-hybridized carbons (Fsp3) is 0.308. The largest absolute Gasteiger partial charge is 0.450 e. The van der Waals surface area contributed by atoms with E-state index in [-0.39, 0.29) is 11.3 Å². The average Bonchev–Trinajstić information content (AvgIpc) is 2.73. The van der Waals surface area contributed by atoms with Crippen molar-refractivity contribution in [1.82, 2.24) is 0 Å². The summed E-state index contributed by atoms with van der Waals surface area (Å²) in [5, 5.41) is 10.1. The molecule has 3 nitrogen and oxygen atoms in total. The number of ketones is 1. The van der Waals surface area contributed by atoms with Crippen LogP contribution in [0.2, 0.25) is 0 Å². The van der Waals surface area contributed by atoms with E-state index in [0.717, 1.165) is 0 Å². The van der Waals surface area contributed by atoms with Crippen molar-refractivity contribution in [3.63, 3.8) is 0 Å². The van der Waals surface area contributed by atoms with E-state index in [1.807, 2.05) is 6.92 Å². The molecule has 2 aromatic rings. The summed E-state index contributed by atoms with van der Waals surface area (Å²) < 4.78 is 18.5. The van der Waals surface area contributed by atoms with Gasteiger partial charge in [-0.3, -0.25) is 4.79 Å². The second-order valence-electron chi connectivity index (χ2n) is 3.94.